The van der Waals surface area contributed by atoms with Crippen molar-refractivity contribution < 1.29 is 19.3 Å². The van der Waals surface area contributed by atoms with Gasteiger partial charge in [-0.1, -0.05) is 30.3 Å². The Morgan fingerprint density at radius 1 is 0.900 bits per heavy atom. The predicted molar refractivity (Wildman–Crippen MR) is 76.3 cm³/mol. The minimum atomic E-state index is 0.114. The first-order valence-electron chi connectivity index (χ1n) is 6.40. The average molecular weight is 274 g/mol. The SMILES string of the molecule is COCCOc1cc(O)cc(OCc2ccccc2)c1. The molecule has 0 aliphatic heterocycles. The van der Waals surface area contributed by atoms with Crippen molar-refractivity contribution in [3.63, 3.8) is 0 Å². The van der Waals surface area contributed by atoms with Gasteiger partial charge in [-0.3, -0.25) is 0 Å². The summed E-state index contributed by atoms with van der Waals surface area (Å²) < 4.78 is 16.0. The lowest BCUT2D eigenvalue weighted by Crippen LogP contribution is -2.04. The quantitative estimate of drug-likeness (QED) is 0.788. The van der Waals surface area contributed by atoms with Crippen LogP contribution in [0.4, 0.5) is 0 Å². The van der Waals surface area contributed by atoms with Gasteiger partial charge in [-0.2, -0.15) is 0 Å². The molecule has 0 radical (unpaired) electrons. The van der Waals surface area contributed by atoms with Crippen molar-refractivity contribution in [1.82, 2.24) is 0 Å². The maximum Gasteiger partial charge on any atom is 0.127 e. The second-order valence-corrected chi connectivity index (χ2v) is 4.28. The van der Waals surface area contributed by atoms with E-state index >= 15 is 0 Å². The molecular weight excluding hydrogens is 256 g/mol. The molecule has 4 heteroatoms. The highest BCUT2D eigenvalue weighted by atomic mass is 16.5. The summed E-state index contributed by atoms with van der Waals surface area (Å²) >= 11 is 0. The Kier molecular flexibility index (Phi) is 5.26. The molecule has 0 saturated heterocycles. The van der Waals surface area contributed by atoms with E-state index in [1.54, 1.807) is 25.3 Å². The molecule has 4 nitrogen and oxygen atoms in total. The van der Waals surface area contributed by atoms with E-state index in [1.807, 2.05) is 30.3 Å². The fraction of sp³-hybridized carbons (Fsp3) is 0.250. The summed E-state index contributed by atoms with van der Waals surface area (Å²) in [7, 11) is 1.61. The van der Waals surface area contributed by atoms with Gasteiger partial charge in [-0.15, -0.1) is 0 Å². The lowest BCUT2D eigenvalue weighted by atomic mass is 10.2. The lowest BCUT2D eigenvalue weighted by molar-refractivity contribution is 0.146. The zero-order valence-corrected chi connectivity index (χ0v) is 11.4. The third-order valence-corrected chi connectivity index (χ3v) is 2.67. The van der Waals surface area contributed by atoms with Crippen LogP contribution in [0.5, 0.6) is 17.2 Å². The number of aromatic hydroxyl groups is 1. The molecule has 2 aromatic rings. The van der Waals surface area contributed by atoms with Crippen LogP contribution < -0.4 is 9.47 Å². The van der Waals surface area contributed by atoms with Gasteiger partial charge in [0.25, 0.3) is 0 Å². The van der Waals surface area contributed by atoms with Crippen LogP contribution in [0.3, 0.4) is 0 Å². The minimum Gasteiger partial charge on any atom is -0.508 e. The molecule has 0 amide bonds. The number of hydrogen-bond donors (Lipinski definition) is 1. The summed E-state index contributed by atoms with van der Waals surface area (Å²) in [5.74, 6) is 1.24. The highest BCUT2D eigenvalue weighted by molar-refractivity contribution is 5.41. The van der Waals surface area contributed by atoms with Crippen LogP contribution >= 0.6 is 0 Å². The van der Waals surface area contributed by atoms with E-state index in [0.717, 1.165) is 5.56 Å². The van der Waals surface area contributed by atoms with Crippen molar-refractivity contribution in [2.75, 3.05) is 20.3 Å². The maximum atomic E-state index is 9.66. The van der Waals surface area contributed by atoms with Crippen molar-refractivity contribution in [3.05, 3.63) is 54.1 Å². The number of phenols is 1. The largest absolute Gasteiger partial charge is 0.508 e. The predicted octanol–water partition coefficient (Wildman–Crippen LogP) is 3.00. The summed E-state index contributed by atoms with van der Waals surface area (Å²) in [6.07, 6.45) is 0. The van der Waals surface area contributed by atoms with Crippen molar-refractivity contribution in [2.24, 2.45) is 0 Å². The van der Waals surface area contributed by atoms with E-state index in [2.05, 4.69) is 0 Å². The molecule has 0 heterocycles. The molecule has 0 aromatic heterocycles. The fourth-order valence-corrected chi connectivity index (χ4v) is 1.71. The Bertz CT molecular complexity index is 525. The second-order valence-electron chi connectivity index (χ2n) is 4.28. The van der Waals surface area contributed by atoms with Gasteiger partial charge >= 0.3 is 0 Å². The van der Waals surface area contributed by atoms with Gasteiger partial charge in [0, 0.05) is 25.3 Å². The Morgan fingerprint density at radius 3 is 2.30 bits per heavy atom. The van der Waals surface area contributed by atoms with E-state index < -0.39 is 0 Å². The molecule has 0 bridgehead atoms. The van der Waals surface area contributed by atoms with Crippen LogP contribution in [0.2, 0.25) is 0 Å². The zero-order chi connectivity index (χ0) is 14.2. The third-order valence-electron chi connectivity index (χ3n) is 2.67. The molecule has 0 aliphatic carbocycles. The standard InChI is InChI=1S/C16H18O4/c1-18-7-8-19-15-9-14(17)10-16(11-15)20-12-13-5-3-2-4-6-13/h2-6,9-11,17H,7-8,12H2,1H3. The van der Waals surface area contributed by atoms with Crippen LogP contribution in [0, 0.1) is 0 Å². The zero-order valence-electron chi connectivity index (χ0n) is 11.4. The molecule has 106 valence electrons. The van der Waals surface area contributed by atoms with Gasteiger partial charge in [0.2, 0.25) is 0 Å². The van der Waals surface area contributed by atoms with Crippen LogP contribution in [-0.4, -0.2) is 25.4 Å². The summed E-state index contributed by atoms with van der Waals surface area (Å²) in [4.78, 5) is 0. The Morgan fingerprint density at radius 2 is 1.60 bits per heavy atom. The second kappa shape index (κ2) is 7.40. The lowest BCUT2D eigenvalue weighted by Gasteiger charge is -2.10. The molecular formula is C16H18O4. The first-order valence-corrected chi connectivity index (χ1v) is 6.40. The number of methoxy groups -OCH3 is 1. The van der Waals surface area contributed by atoms with Crippen molar-refractivity contribution in [1.29, 1.82) is 0 Å². The monoisotopic (exact) mass is 274 g/mol. The van der Waals surface area contributed by atoms with Gasteiger partial charge in [0.15, 0.2) is 0 Å². The third kappa shape index (κ3) is 4.48. The van der Waals surface area contributed by atoms with Crippen molar-refractivity contribution >= 4 is 0 Å². The smallest absolute Gasteiger partial charge is 0.127 e. The number of rotatable bonds is 7. The van der Waals surface area contributed by atoms with Crippen molar-refractivity contribution in [3.8, 4) is 17.2 Å². The van der Waals surface area contributed by atoms with Crippen LogP contribution in [0.1, 0.15) is 5.56 Å². The average Bonchev–Trinajstić information content (AvgIpc) is 2.46. The molecule has 1 N–H and O–H groups in total. The summed E-state index contributed by atoms with van der Waals surface area (Å²) in [5, 5.41) is 9.66. The summed E-state index contributed by atoms with van der Waals surface area (Å²) in [6.45, 7) is 1.37. The minimum absolute atomic E-state index is 0.114. The van der Waals surface area contributed by atoms with Crippen LogP contribution in [0.15, 0.2) is 48.5 Å². The topological polar surface area (TPSA) is 47.9 Å². The molecule has 0 aliphatic rings. The van der Waals surface area contributed by atoms with Gasteiger partial charge in [0.1, 0.15) is 30.5 Å². The number of phenolic OH excluding ortho intramolecular Hbond substituents is 1. The number of ether oxygens (including phenoxy) is 3. The molecule has 0 spiro atoms. The van der Waals surface area contributed by atoms with E-state index in [0.29, 0.717) is 31.3 Å². The summed E-state index contributed by atoms with van der Waals surface area (Å²) in [6, 6.07) is 14.7. The Hall–Kier alpha value is -2.20. The maximum absolute atomic E-state index is 9.66. The first kappa shape index (κ1) is 14.2. The van der Waals surface area contributed by atoms with E-state index in [9.17, 15) is 5.11 Å². The number of hydrogen-bond acceptors (Lipinski definition) is 4. The van der Waals surface area contributed by atoms with E-state index in [4.69, 9.17) is 14.2 Å². The fourth-order valence-electron chi connectivity index (χ4n) is 1.71. The van der Waals surface area contributed by atoms with Gasteiger partial charge in [-0.05, 0) is 5.56 Å². The van der Waals surface area contributed by atoms with Crippen LogP contribution in [0.25, 0.3) is 0 Å². The Labute approximate surface area is 118 Å². The normalized spacial score (nSPS) is 10.2. The van der Waals surface area contributed by atoms with Gasteiger partial charge < -0.3 is 19.3 Å². The van der Waals surface area contributed by atoms with Gasteiger partial charge in [-0.25, -0.2) is 0 Å². The highest BCUT2D eigenvalue weighted by Crippen LogP contribution is 2.27. The Balaban J connectivity index is 1.97. The van der Waals surface area contributed by atoms with Crippen molar-refractivity contribution in [2.45, 2.75) is 6.61 Å². The molecule has 0 saturated carbocycles. The molecule has 0 atom stereocenters. The molecule has 0 unspecified atom stereocenters. The van der Waals surface area contributed by atoms with E-state index in [-0.39, 0.29) is 5.75 Å². The summed E-state index contributed by atoms with van der Waals surface area (Å²) in [5.41, 5.74) is 1.07. The van der Waals surface area contributed by atoms with Crippen LogP contribution in [-0.2, 0) is 11.3 Å². The molecule has 2 aromatic carbocycles. The number of benzene rings is 2. The highest BCUT2D eigenvalue weighted by Gasteiger charge is 2.03. The molecule has 0 fully saturated rings. The van der Waals surface area contributed by atoms with E-state index in [1.165, 1.54) is 0 Å². The molecule has 2 rings (SSSR count). The molecule has 20 heavy (non-hydrogen) atoms. The van der Waals surface area contributed by atoms with Gasteiger partial charge in [0.05, 0.1) is 6.61 Å². The first-order chi connectivity index (χ1) is 9.78.